The number of carbonyl (C=O) groups is 2. The van der Waals surface area contributed by atoms with Crippen molar-refractivity contribution >= 4 is 23.2 Å². The number of methoxy groups -OCH3 is 2. The molecule has 0 spiro atoms. The number of hydrogen-bond acceptors (Lipinski definition) is 4. The number of benzene rings is 2. The lowest BCUT2D eigenvalue weighted by atomic mass is 10.1. The normalized spacial score (nSPS) is 12.6. The molecule has 0 aliphatic carbocycles. The third-order valence-corrected chi connectivity index (χ3v) is 4.36. The summed E-state index contributed by atoms with van der Waals surface area (Å²) >= 11 is 0. The van der Waals surface area contributed by atoms with Gasteiger partial charge in [0.05, 0.1) is 13.5 Å². The lowest BCUT2D eigenvalue weighted by Gasteiger charge is -2.17. The van der Waals surface area contributed by atoms with Crippen molar-refractivity contribution in [2.75, 3.05) is 37.6 Å². The van der Waals surface area contributed by atoms with Crippen LogP contribution < -0.4 is 15.0 Å². The van der Waals surface area contributed by atoms with Gasteiger partial charge in [-0.05, 0) is 41.8 Å². The summed E-state index contributed by atoms with van der Waals surface area (Å²) in [6.07, 6.45) is 1.08. The Morgan fingerprint density at radius 1 is 1.12 bits per heavy atom. The van der Waals surface area contributed by atoms with Crippen molar-refractivity contribution in [3.8, 4) is 5.75 Å². The maximum absolute atomic E-state index is 12.3. The van der Waals surface area contributed by atoms with Crippen molar-refractivity contribution < 1.29 is 19.1 Å². The molecule has 0 radical (unpaired) electrons. The second kappa shape index (κ2) is 8.01. The van der Waals surface area contributed by atoms with E-state index >= 15 is 0 Å². The van der Waals surface area contributed by atoms with E-state index in [1.54, 1.807) is 12.0 Å². The number of carbonyl (C=O) groups excluding carboxylic acids is 2. The summed E-state index contributed by atoms with van der Waals surface area (Å²) in [5.74, 6) is 0.574. The molecule has 6 heteroatoms. The van der Waals surface area contributed by atoms with Gasteiger partial charge in [0.15, 0.2) is 0 Å². The van der Waals surface area contributed by atoms with Crippen LogP contribution in [0.25, 0.3) is 0 Å². The molecule has 6 nitrogen and oxygen atoms in total. The predicted octanol–water partition coefficient (Wildman–Crippen LogP) is 2.41. The molecule has 0 fully saturated rings. The van der Waals surface area contributed by atoms with E-state index in [0.29, 0.717) is 12.2 Å². The molecule has 0 unspecified atom stereocenters. The smallest absolute Gasteiger partial charge is 0.252 e. The highest BCUT2D eigenvalue weighted by atomic mass is 16.5. The number of nitrogens with one attached hydrogen (secondary N) is 1. The van der Waals surface area contributed by atoms with Crippen molar-refractivity contribution in [3.05, 3.63) is 53.6 Å². The first-order valence-corrected chi connectivity index (χ1v) is 8.45. The average Bonchev–Trinajstić information content (AvgIpc) is 3.06. The Bertz CT molecular complexity index is 802. The fourth-order valence-electron chi connectivity index (χ4n) is 3.05. The summed E-state index contributed by atoms with van der Waals surface area (Å²) in [6, 6.07) is 13.1. The fourth-order valence-corrected chi connectivity index (χ4v) is 3.05. The summed E-state index contributed by atoms with van der Waals surface area (Å²) in [4.78, 5) is 26.2. The molecule has 0 aromatic heterocycles. The van der Waals surface area contributed by atoms with Crippen LogP contribution >= 0.6 is 0 Å². The highest BCUT2D eigenvalue weighted by Crippen LogP contribution is 2.31. The molecule has 2 aromatic rings. The minimum absolute atomic E-state index is 0.0491. The Hall–Kier alpha value is -2.86. The van der Waals surface area contributed by atoms with Crippen LogP contribution in [0, 0.1) is 0 Å². The summed E-state index contributed by atoms with van der Waals surface area (Å²) in [6.45, 7) is 0.689. The molecule has 136 valence electrons. The maximum atomic E-state index is 12.3. The monoisotopic (exact) mass is 354 g/mol. The number of amides is 2. The third-order valence-electron chi connectivity index (χ3n) is 4.36. The summed E-state index contributed by atoms with van der Waals surface area (Å²) in [5.41, 5.74) is 3.53. The maximum Gasteiger partial charge on any atom is 0.252 e. The number of fused-ring (bicyclic) bond motifs is 1. The van der Waals surface area contributed by atoms with Gasteiger partial charge >= 0.3 is 0 Å². The van der Waals surface area contributed by atoms with Gasteiger partial charge in [-0.2, -0.15) is 0 Å². The fraction of sp³-hybridized carbons (Fsp3) is 0.300. The molecule has 1 aliphatic heterocycles. The summed E-state index contributed by atoms with van der Waals surface area (Å²) < 4.78 is 10.1. The second-order valence-electron chi connectivity index (χ2n) is 6.14. The first kappa shape index (κ1) is 17.9. The van der Waals surface area contributed by atoms with E-state index in [4.69, 9.17) is 9.47 Å². The number of nitrogens with zero attached hydrogens (tertiary/aromatic N) is 1. The number of ether oxygens (including phenoxy) is 2. The van der Waals surface area contributed by atoms with E-state index in [2.05, 4.69) is 5.32 Å². The van der Waals surface area contributed by atoms with E-state index in [9.17, 15) is 9.59 Å². The van der Waals surface area contributed by atoms with Gasteiger partial charge in [-0.15, -0.1) is 0 Å². The standard InChI is InChI=1S/C20H22N2O4/c1-25-13-20(24)22-10-9-15-5-6-16(12-18(15)22)21-19(23)11-14-3-7-17(26-2)8-4-14/h3-8,12H,9-11,13H2,1-2H3,(H,21,23). The van der Waals surface area contributed by atoms with Gasteiger partial charge in [-0.25, -0.2) is 0 Å². The second-order valence-corrected chi connectivity index (χ2v) is 6.14. The minimum atomic E-state index is -0.108. The van der Waals surface area contributed by atoms with E-state index in [-0.39, 0.29) is 24.8 Å². The van der Waals surface area contributed by atoms with E-state index < -0.39 is 0 Å². The summed E-state index contributed by atoms with van der Waals surface area (Å²) in [5, 5.41) is 2.90. The molecular weight excluding hydrogens is 332 g/mol. The molecular formula is C20H22N2O4. The van der Waals surface area contributed by atoms with Crippen LogP contribution in [0.1, 0.15) is 11.1 Å². The van der Waals surface area contributed by atoms with Gasteiger partial charge in [0.25, 0.3) is 5.91 Å². The van der Waals surface area contributed by atoms with Gasteiger partial charge in [0.1, 0.15) is 12.4 Å². The van der Waals surface area contributed by atoms with Crippen molar-refractivity contribution in [1.29, 1.82) is 0 Å². The van der Waals surface area contributed by atoms with E-state index in [1.165, 1.54) is 7.11 Å². The molecule has 3 rings (SSSR count). The summed E-state index contributed by atoms with van der Waals surface area (Å²) in [7, 11) is 3.11. The number of hydrogen-bond donors (Lipinski definition) is 1. The topological polar surface area (TPSA) is 67.9 Å². The van der Waals surface area contributed by atoms with Gasteiger partial charge in [0.2, 0.25) is 5.91 Å². The molecule has 1 aliphatic rings. The Balaban J connectivity index is 1.67. The zero-order chi connectivity index (χ0) is 18.5. The Labute approximate surface area is 152 Å². The van der Waals surface area contributed by atoms with Crippen LogP contribution in [0.2, 0.25) is 0 Å². The number of rotatable bonds is 6. The van der Waals surface area contributed by atoms with Gasteiger partial charge in [0, 0.05) is 25.0 Å². The molecule has 1 N–H and O–H groups in total. The van der Waals surface area contributed by atoms with Gasteiger partial charge in [-0.1, -0.05) is 18.2 Å². The molecule has 2 aromatic carbocycles. The minimum Gasteiger partial charge on any atom is -0.497 e. The quantitative estimate of drug-likeness (QED) is 0.865. The van der Waals surface area contributed by atoms with Crippen LogP contribution in [-0.4, -0.2) is 39.2 Å². The average molecular weight is 354 g/mol. The first-order valence-electron chi connectivity index (χ1n) is 8.45. The van der Waals surface area contributed by atoms with Crippen LogP contribution in [0.4, 0.5) is 11.4 Å². The molecule has 0 saturated heterocycles. The van der Waals surface area contributed by atoms with Gasteiger partial charge in [-0.3, -0.25) is 9.59 Å². The van der Waals surface area contributed by atoms with Crippen molar-refractivity contribution in [3.63, 3.8) is 0 Å². The largest absolute Gasteiger partial charge is 0.497 e. The van der Waals surface area contributed by atoms with E-state index in [0.717, 1.165) is 29.0 Å². The van der Waals surface area contributed by atoms with E-state index in [1.807, 2.05) is 42.5 Å². The van der Waals surface area contributed by atoms with Crippen LogP contribution in [0.15, 0.2) is 42.5 Å². The lowest BCUT2D eigenvalue weighted by molar-refractivity contribution is -0.122. The molecule has 2 amide bonds. The molecule has 0 bridgehead atoms. The highest BCUT2D eigenvalue weighted by Gasteiger charge is 2.24. The van der Waals surface area contributed by atoms with Crippen molar-refractivity contribution in [2.24, 2.45) is 0 Å². The Morgan fingerprint density at radius 2 is 1.88 bits per heavy atom. The molecule has 0 saturated carbocycles. The lowest BCUT2D eigenvalue weighted by Crippen LogP contribution is -2.32. The van der Waals surface area contributed by atoms with Crippen LogP contribution in [-0.2, 0) is 27.2 Å². The SMILES string of the molecule is COCC(=O)N1CCc2ccc(NC(=O)Cc3ccc(OC)cc3)cc21. The van der Waals surface area contributed by atoms with Gasteiger partial charge < -0.3 is 19.7 Å². The zero-order valence-electron chi connectivity index (χ0n) is 15.0. The third kappa shape index (κ3) is 4.03. The van der Waals surface area contributed by atoms with Crippen LogP contribution in [0.3, 0.4) is 0 Å². The van der Waals surface area contributed by atoms with Crippen molar-refractivity contribution in [1.82, 2.24) is 0 Å². The Kier molecular flexibility index (Phi) is 5.53. The zero-order valence-corrected chi connectivity index (χ0v) is 15.0. The molecule has 26 heavy (non-hydrogen) atoms. The molecule has 1 heterocycles. The predicted molar refractivity (Wildman–Crippen MR) is 99.7 cm³/mol. The number of anilines is 2. The molecule has 0 atom stereocenters. The highest BCUT2D eigenvalue weighted by molar-refractivity contribution is 5.98. The first-order chi connectivity index (χ1) is 12.6. The van der Waals surface area contributed by atoms with Crippen molar-refractivity contribution in [2.45, 2.75) is 12.8 Å². The van der Waals surface area contributed by atoms with Crippen LogP contribution in [0.5, 0.6) is 5.75 Å². The Morgan fingerprint density at radius 3 is 2.58 bits per heavy atom.